The van der Waals surface area contributed by atoms with Crippen LogP contribution in [0.15, 0.2) is 42.5 Å². The van der Waals surface area contributed by atoms with Gasteiger partial charge in [0.15, 0.2) is 6.61 Å². The lowest BCUT2D eigenvalue weighted by atomic mass is 10.2. The van der Waals surface area contributed by atoms with Crippen LogP contribution in [0.2, 0.25) is 10.0 Å². The molecule has 128 valence electrons. The third kappa shape index (κ3) is 6.01. The second-order valence-corrected chi connectivity index (χ2v) is 7.37. The number of carbonyl (C=O) groups is 1. The number of hydrogen-bond donors (Lipinski definition) is 2. The maximum Gasteiger partial charge on any atom is 0.262 e. The summed E-state index contributed by atoms with van der Waals surface area (Å²) < 4.78 is 27.3. The molecule has 6 nitrogen and oxygen atoms in total. The van der Waals surface area contributed by atoms with E-state index in [0.29, 0.717) is 27.0 Å². The largest absolute Gasteiger partial charge is 0.482 e. The van der Waals surface area contributed by atoms with Gasteiger partial charge in [-0.3, -0.25) is 4.79 Å². The molecule has 0 aliphatic carbocycles. The summed E-state index contributed by atoms with van der Waals surface area (Å²) in [5.74, 6) is -0.356. The second kappa shape index (κ2) is 7.85. The Morgan fingerprint density at radius 3 is 2.42 bits per heavy atom. The van der Waals surface area contributed by atoms with Crippen molar-refractivity contribution < 1.29 is 17.9 Å². The molecule has 2 aromatic rings. The van der Waals surface area contributed by atoms with Crippen molar-refractivity contribution in [2.24, 2.45) is 5.14 Å². The lowest BCUT2D eigenvalue weighted by Crippen LogP contribution is -2.20. The average molecular weight is 389 g/mol. The number of halogens is 2. The molecule has 3 N–H and O–H groups in total. The Balaban J connectivity index is 1.91. The predicted molar refractivity (Wildman–Crippen MR) is 93.8 cm³/mol. The summed E-state index contributed by atoms with van der Waals surface area (Å²) >= 11 is 11.8. The molecule has 0 unspecified atom stereocenters. The van der Waals surface area contributed by atoms with Gasteiger partial charge in [-0.2, -0.15) is 0 Å². The van der Waals surface area contributed by atoms with Gasteiger partial charge in [0.05, 0.1) is 10.8 Å². The molecule has 0 spiro atoms. The van der Waals surface area contributed by atoms with E-state index in [1.807, 2.05) is 0 Å². The summed E-state index contributed by atoms with van der Waals surface area (Å²) in [7, 11) is -3.59. The number of nitrogens with two attached hydrogens (primary N) is 1. The first-order chi connectivity index (χ1) is 11.2. The first-order valence-corrected chi connectivity index (χ1v) is 9.17. The Bertz CT molecular complexity index is 839. The third-order valence-electron chi connectivity index (χ3n) is 2.86. The summed E-state index contributed by atoms with van der Waals surface area (Å²) in [6.07, 6.45) is 0. The van der Waals surface area contributed by atoms with Gasteiger partial charge in [0.1, 0.15) is 5.75 Å². The van der Waals surface area contributed by atoms with E-state index >= 15 is 0 Å². The first-order valence-electron chi connectivity index (χ1n) is 6.70. The lowest BCUT2D eigenvalue weighted by Gasteiger charge is -2.09. The molecular formula is C15H14Cl2N2O4S. The zero-order valence-corrected chi connectivity index (χ0v) is 14.7. The molecule has 0 aliphatic rings. The topological polar surface area (TPSA) is 98.5 Å². The summed E-state index contributed by atoms with van der Waals surface area (Å²) in [4.78, 5) is 11.9. The number of sulfonamides is 1. The van der Waals surface area contributed by atoms with Crippen LogP contribution < -0.4 is 15.2 Å². The monoisotopic (exact) mass is 388 g/mol. The van der Waals surface area contributed by atoms with Crippen LogP contribution >= 0.6 is 23.2 Å². The molecular weight excluding hydrogens is 375 g/mol. The number of carbonyl (C=O) groups excluding carboxylic acids is 1. The van der Waals surface area contributed by atoms with E-state index in [-0.39, 0.29) is 12.4 Å². The lowest BCUT2D eigenvalue weighted by molar-refractivity contribution is -0.118. The molecule has 24 heavy (non-hydrogen) atoms. The van der Waals surface area contributed by atoms with E-state index < -0.39 is 15.9 Å². The van der Waals surface area contributed by atoms with Gasteiger partial charge in [-0.1, -0.05) is 35.3 Å². The van der Waals surface area contributed by atoms with Crippen LogP contribution in [0.5, 0.6) is 5.75 Å². The van der Waals surface area contributed by atoms with Gasteiger partial charge >= 0.3 is 0 Å². The summed E-state index contributed by atoms with van der Waals surface area (Å²) in [6, 6.07) is 11.0. The van der Waals surface area contributed by atoms with Crippen molar-refractivity contribution in [3.63, 3.8) is 0 Å². The van der Waals surface area contributed by atoms with Crippen molar-refractivity contribution in [2.45, 2.75) is 5.75 Å². The fraction of sp³-hybridized carbons (Fsp3) is 0.133. The van der Waals surface area contributed by atoms with Gasteiger partial charge in [0.2, 0.25) is 10.0 Å². The highest BCUT2D eigenvalue weighted by molar-refractivity contribution is 7.88. The maximum absolute atomic E-state index is 11.9. The number of amides is 1. The van der Waals surface area contributed by atoms with E-state index in [1.54, 1.807) is 36.4 Å². The van der Waals surface area contributed by atoms with Gasteiger partial charge in [-0.15, -0.1) is 0 Å². The fourth-order valence-corrected chi connectivity index (χ4v) is 2.84. The molecule has 2 aromatic carbocycles. The van der Waals surface area contributed by atoms with Crippen LogP contribution in [0.1, 0.15) is 5.56 Å². The van der Waals surface area contributed by atoms with Gasteiger partial charge in [-0.25, -0.2) is 13.6 Å². The number of nitrogens with one attached hydrogen (secondary N) is 1. The fourth-order valence-electron chi connectivity index (χ4n) is 1.84. The Hall–Kier alpha value is -1.80. The highest BCUT2D eigenvalue weighted by Gasteiger charge is 2.08. The van der Waals surface area contributed by atoms with E-state index in [0.717, 1.165) is 0 Å². The smallest absolute Gasteiger partial charge is 0.262 e. The van der Waals surface area contributed by atoms with Crippen LogP contribution in [-0.4, -0.2) is 20.9 Å². The van der Waals surface area contributed by atoms with Gasteiger partial charge < -0.3 is 10.1 Å². The Morgan fingerprint density at radius 2 is 1.79 bits per heavy atom. The maximum atomic E-state index is 11.9. The second-order valence-electron chi connectivity index (χ2n) is 4.92. The number of benzene rings is 2. The van der Waals surface area contributed by atoms with Gasteiger partial charge in [0.25, 0.3) is 5.91 Å². The first kappa shape index (κ1) is 18.5. The van der Waals surface area contributed by atoms with Crippen molar-refractivity contribution in [1.82, 2.24) is 0 Å². The van der Waals surface area contributed by atoms with Crippen LogP contribution in [0, 0.1) is 0 Å². The molecule has 0 aliphatic heterocycles. The van der Waals surface area contributed by atoms with Crippen LogP contribution in [0.3, 0.4) is 0 Å². The van der Waals surface area contributed by atoms with Crippen LogP contribution in [0.4, 0.5) is 5.69 Å². The normalized spacial score (nSPS) is 11.1. The van der Waals surface area contributed by atoms with E-state index in [1.165, 1.54) is 6.07 Å². The molecule has 0 atom stereocenters. The minimum atomic E-state index is -3.59. The van der Waals surface area contributed by atoms with E-state index in [2.05, 4.69) is 5.32 Å². The number of primary sulfonamides is 1. The minimum Gasteiger partial charge on any atom is -0.482 e. The standard InChI is InChI=1S/C15H14Cl2N2O4S/c16-11-3-6-13(17)14(7-11)23-8-15(20)19-12-4-1-10(2-5-12)9-24(18,21)22/h1-7H,8-9H2,(H,19,20)(H2,18,21,22). The van der Waals surface area contributed by atoms with Crippen molar-refractivity contribution in [2.75, 3.05) is 11.9 Å². The molecule has 0 aromatic heterocycles. The molecule has 0 radical (unpaired) electrons. The van der Waals surface area contributed by atoms with Crippen molar-refractivity contribution in [3.8, 4) is 5.75 Å². The average Bonchev–Trinajstić information content (AvgIpc) is 2.49. The predicted octanol–water partition coefficient (Wildman–Crippen LogP) is 2.80. The van der Waals surface area contributed by atoms with Crippen molar-refractivity contribution in [1.29, 1.82) is 0 Å². The molecule has 0 saturated heterocycles. The highest BCUT2D eigenvalue weighted by Crippen LogP contribution is 2.27. The molecule has 1 amide bonds. The minimum absolute atomic E-state index is 0.251. The summed E-state index contributed by atoms with van der Waals surface area (Å²) in [5.41, 5.74) is 1.02. The SMILES string of the molecule is NS(=O)(=O)Cc1ccc(NC(=O)COc2cc(Cl)ccc2Cl)cc1. The van der Waals surface area contributed by atoms with Gasteiger partial charge in [-0.05, 0) is 29.8 Å². The number of hydrogen-bond acceptors (Lipinski definition) is 4. The summed E-state index contributed by atoms with van der Waals surface area (Å²) in [6.45, 7) is -0.251. The molecule has 0 saturated carbocycles. The van der Waals surface area contributed by atoms with Crippen LogP contribution in [0.25, 0.3) is 0 Å². The van der Waals surface area contributed by atoms with Crippen molar-refractivity contribution in [3.05, 3.63) is 58.1 Å². The third-order valence-corrected chi connectivity index (χ3v) is 4.14. The molecule has 0 fully saturated rings. The zero-order valence-electron chi connectivity index (χ0n) is 12.3. The van der Waals surface area contributed by atoms with Crippen molar-refractivity contribution >= 4 is 44.8 Å². The Morgan fingerprint density at radius 1 is 1.12 bits per heavy atom. The van der Waals surface area contributed by atoms with Crippen LogP contribution in [-0.2, 0) is 20.6 Å². The van der Waals surface area contributed by atoms with E-state index in [9.17, 15) is 13.2 Å². The van der Waals surface area contributed by atoms with E-state index in [4.69, 9.17) is 33.1 Å². The summed E-state index contributed by atoms with van der Waals surface area (Å²) in [5, 5.41) is 8.38. The quantitative estimate of drug-likeness (QED) is 0.794. The zero-order chi connectivity index (χ0) is 17.7. The Labute approximate surface area is 149 Å². The van der Waals surface area contributed by atoms with Gasteiger partial charge in [0, 0.05) is 16.8 Å². The Kier molecular flexibility index (Phi) is 6.06. The number of rotatable bonds is 6. The molecule has 0 bridgehead atoms. The molecule has 0 heterocycles. The number of anilines is 1. The molecule has 2 rings (SSSR count). The molecule has 9 heteroatoms. The highest BCUT2D eigenvalue weighted by atomic mass is 35.5. The number of ether oxygens (including phenoxy) is 1.